The summed E-state index contributed by atoms with van der Waals surface area (Å²) in [5.41, 5.74) is 0.962. The molecule has 0 saturated carbocycles. The highest BCUT2D eigenvalue weighted by Crippen LogP contribution is 2.43. The summed E-state index contributed by atoms with van der Waals surface area (Å²) in [6.45, 7) is 4.29. The molecule has 4 aliphatic heterocycles. The van der Waals surface area contributed by atoms with Crippen molar-refractivity contribution in [3.8, 4) is 22.9 Å². The lowest BCUT2D eigenvalue weighted by atomic mass is 9.95. The first-order valence-corrected chi connectivity index (χ1v) is 15.2. The summed E-state index contributed by atoms with van der Waals surface area (Å²) in [5, 5.41) is 16.6. The summed E-state index contributed by atoms with van der Waals surface area (Å²) >= 11 is 6.88. The van der Waals surface area contributed by atoms with Crippen LogP contribution in [0.3, 0.4) is 0 Å². The average Bonchev–Trinajstić information content (AvgIpc) is 3.65. The zero-order valence-electron chi connectivity index (χ0n) is 22.9. The molecule has 9 heteroatoms. The largest absolute Gasteiger partial charge is 0.508 e. The number of piperazine rings is 1. The Labute approximate surface area is 243 Å². The molecule has 2 N–H and O–H groups in total. The Morgan fingerprint density at radius 1 is 1.02 bits per heavy atom. The Morgan fingerprint density at radius 3 is 2.56 bits per heavy atom. The van der Waals surface area contributed by atoms with Crippen molar-refractivity contribution in [3.05, 3.63) is 53.3 Å². The summed E-state index contributed by atoms with van der Waals surface area (Å²) in [5.74, 6) is 0.190. The molecule has 7 nitrogen and oxygen atoms in total. The molecule has 1 aromatic heterocycles. The van der Waals surface area contributed by atoms with Gasteiger partial charge in [-0.05, 0) is 86.1 Å². The topological polar surface area (TPSA) is 73.8 Å². The number of hydrogen-bond donors (Lipinski definition) is 2. The lowest BCUT2D eigenvalue weighted by Gasteiger charge is -2.35. The van der Waals surface area contributed by atoms with E-state index in [0.29, 0.717) is 35.5 Å². The second-order valence-electron chi connectivity index (χ2n) is 12.2. The van der Waals surface area contributed by atoms with Gasteiger partial charge in [0.05, 0.1) is 10.6 Å². The molecule has 4 fully saturated rings. The molecule has 8 rings (SSSR count). The summed E-state index contributed by atoms with van der Waals surface area (Å²) in [6.07, 6.45) is 6.79. The van der Waals surface area contributed by atoms with E-state index in [-0.39, 0.29) is 33.4 Å². The lowest BCUT2D eigenvalue weighted by molar-refractivity contribution is 0.108. The van der Waals surface area contributed by atoms with Crippen LogP contribution in [-0.4, -0.2) is 70.4 Å². The SMILES string of the molecule is Oc1cc(-c2c(Cl)cc3c(N4C[C@H]5CC[C@@H](C4)N5)nc(OCC45CCCN4CCC5)nc3c2F)c2ccccc2c1. The number of anilines is 1. The molecular formula is C32H33ClFN5O2. The third kappa shape index (κ3) is 4.22. The van der Waals surface area contributed by atoms with Crippen LogP contribution >= 0.6 is 11.6 Å². The van der Waals surface area contributed by atoms with Crippen LogP contribution < -0.4 is 15.0 Å². The van der Waals surface area contributed by atoms with Crippen molar-refractivity contribution < 1.29 is 14.2 Å². The van der Waals surface area contributed by atoms with Gasteiger partial charge in [0.25, 0.3) is 0 Å². The van der Waals surface area contributed by atoms with Crippen molar-refractivity contribution in [2.75, 3.05) is 37.7 Å². The molecule has 4 aliphatic rings. The van der Waals surface area contributed by atoms with Gasteiger partial charge in [0, 0.05) is 36.1 Å². The van der Waals surface area contributed by atoms with Gasteiger partial charge in [-0.3, -0.25) is 4.90 Å². The number of phenols is 1. The van der Waals surface area contributed by atoms with E-state index in [4.69, 9.17) is 26.3 Å². The molecular weight excluding hydrogens is 541 g/mol. The standard InChI is InChI=1S/C32H33ClFN5O2/c33-26-15-25-29(28(34)27(26)24-14-22(40)13-19-5-1-2-6-23(19)24)36-31(41-18-32-9-3-11-39(32)12-4-10-32)37-30(25)38-16-20-7-8-21(17-38)35-20/h1-2,5-6,13-15,20-21,35,40H,3-4,7-12,16-18H2/t20-,21+. The van der Waals surface area contributed by atoms with E-state index < -0.39 is 5.82 Å². The van der Waals surface area contributed by atoms with Crippen LogP contribution in [0.2, 0.25) is 5.02 Å². The van der Waals surface area contributed by atoms with Crippen molar-refractivity contribution in [1.82, 2.24) is 20.2 Å². The number of halogens is 2. The predicted molar refractivity (Wildman–Crippen MR) is 160 cm³/mol. The quantitative estimate of drug-likeness (QED) is 0.308. The lowest BCUT2D eigenvalue weighted by Crippen LogP contribution is -2.51. The Hall–Kier alpha value is -3.20. The van der Waals surface area contributed by atoms with Gasteiger partial charge in [0.1, 0.15) is 23.7 Å². The first-order valence-electron chi connectivity index (χ1n) is 14.8. The maximum Gasteiger partial charge on any atom is 0.319 e. The van der Waals surface area contributed by atoms with Gasteiger partial charge in [0.2, 0.25) is 0 Å². The molecule has 0 radical (unpaired) electrons. The number of fused-ring (bicyclic) bond motifs is 5. The zero-order chi connectivity index (χ0) is 27.7. The molecule has 5 heterocycles. The van der Waals surface area contributed by atoms with Crippen LogP contribution in [0.1, 0.15) is 38.5 Å². The Kier molecular flexibility index (Phi) is 6.02. The molecule has 4 aromatic rings. The van der Waals surface area contributed by atoms with E-state index in [1.807, 2.05) is 24.3 Å². The third-order valence-corrected chi connectivity index (χ3v) is 10.1. The monoisotopic (exact) mass is 573 g/mol. The number of aromatic nitrogens is 2. The molecule has 41 heavy (non-hydrogen) atoms. The number of benzene rings is 3. The molecule has 0 spiro atoms. The van der Waals surface area contributed by atoms with E-state index in [1.165, 1.54) is 12.8 Å². The average molecular weight is 574 g/mol. The van der Waals surface area contributed by atoms with Crippen LogP contribution in [0.4, 0.5) is 10.2 Å². The first kappa shape index (κ1) is 25.5. The van der Waals surface area contributed by atoms with Crippen LogP contribution in [0.5, 0.6) is 11.8 Å². The minimum absolute atomic E-state index is 0.0246. The summed E-state index contributed by atoms with van der Waals surface area (Å²) in [4.78, 5) is 14.4. The van der Waals surface area contributed by atoms with Crippen molar-refractivity contribution >= 4 is 39.1 Å². The minimum Gasteiger partial charge on any atom is -0.508 e. The van der Waals surface area contributed by atoms with Gasteiger partial charge >= 0.3 is 6.01 Å². The highest BCUT2D eigenvalue weighted by atomic mass is 35.5. The Balaban J connectivity index is 1.28. The van der Waals surface area contributed by atoms with E-state index in [1.54, 1.807) is 18.2 Å². The van der Waals surface area contributed by atoms with Crippen molar-refractivity contribution in [3.63, 3.8) is 0 Å². The summed E-state index contributed by atoms with van der Waals surface area (Å²) < 4.78 is 23.1. The molecule has 2 atom stereocenters. The fourth-order valence-corrected chi connectivity index (χ4v) is 8.14. The van der Waals surface area contributed by atoms with Gasteiger partial charge < -0.3 is 20.1 Å². The molecule has 4 saturated heterocycles. The normalized spacial score (nSPS) is 23.5. The third-order valence-electron chi connectivity index (χ3n) is 9.76. The molecule has 212 valence electrons. The molecule has 3 aromatic carbocycles. The number of nitrogens with one attached hydrogen (secondary N) is 1. The van der Waals surface area contributed by atoms with Crippen LogP contribution in [0.15, 0.2) is 42.5 Å². The van der Waals surface area contributed by atoms with Crippen LogP contribution in [0, 0.1) is 5.82 Å². The number of ether oxygens (including phenoxy) is 1. The number of phenolic OH excluding ortho intramolecular Hbond substituents is 1. The van der Waals surface area contributed by atoms with Gasteiger partial charge in [-0.25, -0.2) is 4.39 Å². The number of nitrogens with zero attached hydrogens (tertiary/aromatic N) is 4. The second-order valence-corrected chi connectivity index (χ2v) is 12.6. The van der Waals surface area contributed by atoms with Crippen molar-refractivity contribution in [1.29, 1.82) is 0 Å². The second kappa shape index (κ2) is 9.68. The van der Waals surface area contributed by atoms with Gasteiger partial charge in [-0.1, -0.05) is 35.9 Å². The first-order chi connectivity index (χ1) is 20.0. The van der Waals surface area contributed by atoms with Crippen molar-refractivity contribution in [2.45, 2.75) is 56.1 Å². The van der Waals surface area contributed by atoms with Gasteiger partial charge in [0.15, 0.2) is 5.82 Å². The number of aromatic hydroxyl groups is 1. The van der Waals surface area contributed by atoms with Crippen LogP contribution in [-0.2, 0) is 0 Å². The molecule has 2 bridgehead atoms. The summed E-state index contributed by atoms with van der Waals surface area (Å²) in [6, 6.07) is 13.6. The maximum atomic E-state index is 16.8. The predicted octanol–water partition coefficient (Wildman–Crippen LogP) is 5.90. The van der Waals surface area contributed by atoms with E-state index in [2.05, 4.69) is 15.1 Å². The van der Waals surface area contributed by atoms with Gasteiger partial charge in [-0.2, -0.15) is 9.97 Å². The number of hydrogen-bond acceptors (Lipinski definition) is 7. The maximum absolute atomic E-state index is 16.8. The molecule has 0 aliphatic carbocycles. The van der Waals surface area contributed by atoms with E-state index in [0.717, 1.165) is 62.6 Å². The van der Waals surface area contributed by atoms with Gasteiger partial charge in [-0.15, -0.1) is 0 Å². The number of rotatable bonds is 5. The molecule has 0 unspecified atom stereocenters. The highest BCUT2D eigenvalue weighted by molar-refractivity contribution is 6.35. The smallest absolute Gasteiger partial charge is 0.319 e. The Bertz CT molecular complexity index is 1660. The Morgan fingerprint density at radius 2 is 1.78 bits per heavy atom. The van der Waals surface area contributed by atoms with E-state index in [9.17, 15) is 5.11 Å². The fourth-order valence-electron chi connectivity index (χ4n) is 7.84. The molecule has 0 amide bonds. The van der Waals surface area contributed by atoms with Crippen molar-refractivity contribution in [2.24, 2.45) is 0 Å². The van der Waals surface area contributed by atoms with Crippen LogP contribution in [0.25, 0.3) is 32.8 Å². The fraction of sp³-hybridized carbons (Fsp3) is 0.438. The highest BCUT2D eigenvalue weighted by Gasteiger charge is 2.45. The zero-order valence-corrected chi connectivity index (χ0v) is 23.6. The summed E-state index contributed by atoms with van der Waals surface area (Å²) in [7, 11) is 0. The minimum atomic E-state index is -0.531. The van der Waals surface area contributed by atoms with E-state index >= 15 is 4.39 Å².